The summed E-state index contributed by atoms with van der Waals surface area (Å²) in [5.74, 6) is -3.46. The van der Waals surface area contributed by atoms with Crippen LogP contribution in [0, 0.1) is 0 Å². The number of methoxy groups -OCH3 is 2. The second kappa shape index (κ2) is 17.4. The minimum atomic E-state index is -1.95. The molecule has 2 fully saturated rings. The Bertz CT molecular complexity index is 2110. The zero-order valence-electron chi connectivity index (χ0n) is 30.5. The Labute approximate surface area is 327 Å². The van der Waals surface area contributed by atoms with Crippen LogP contribution in [0.15, 0.2) is 59.0 Å². The molecule has 58 heavy (non-hydrogen) atoms. The Morgan fingerprint density at radius 3 is 1.93 bits per heavy atom. The highest BCUT2D eigenvalue weighted by Gasteiger charge is 2.47. The number of carbonyl (C=O) groups is 1. The van der Waals surface area contributed by atoms with E-state index in [2.05, 4.69) is 0 Å². The summed E-state index contributed by atoms with van der Waals surface area (Å²) in [6.45, 7) is -1.67. The minimum absolute atomic E-state index is 0.0190. The highest BCUT2D eigenvalue weighted by molar-refractivity contribution is 5.89. The van der Waals surface area contributed by atoms with E-state index in [-0.39, 0.29) is 56.8 Å². The van der Waals surface area contributed by atoms with Crippen LogP contribution in [0.2, 0.25) is 0 Å². The zero-order valence-corrected chi connectivity index (χ0v) is 30.5. The van der Waals surface area contributed by atoms with Gasteiger partial charge in [0.1, 0.15) is 66.2 Å². The van der Waals surface area contributed by atoms with Crippen molar-refractivity contribution in [2.45, 2.75) is 61.4 Å². The van der Waals surface area contributed by atoms with E-state index in [4.69, 9.17) is 37.6 Å². The third-order valence-electron chi connectivity index (χ3n) is 9.33. The molecule has 10 atom stereocenters. The smallest absolute Gasteiger partial charge is 0.402 e. The topological polar surface area (TPSA) is 318 Å². The summed E-state index contributed by atoms with van der Waals surface area (Å²) in [5.41, 5.74) is 0.333. The molecule has 10 N–H and O–H groups in total. The molecule has 4 aromatic rings. The predicted molar refractivity (Wildman–Crippen MR) is 192 cm³/mol. The summed E-state index contributed by atoms with van der Waals surface area (Å²) < 4.78 is 45.1. The van der Waals surface area contributed by atoms with E-state index in [1.165, 1.54) is 56.7 Å². The van der Waals surface area contributed by atoms with E-state index in [0.717, 1.165) is 18.2 Å². The number of fused-ring (bicyclic) bond motifs is 1. The van der Waals surface area contributed by atoms with Gasteiger partial charge in [-0.3, -0.25) is 0 Å². The van der Waals surface area contributed by atoms with Crippen molar-refractivity contribution in [3.8, 4) is 57.3 Å². The second-order valence-electron chi connectivity index (χ2n) is 13.2. The third kappa shape index (κ3) is 8.60. The number of aromatic hydroxyl groups is 4. The Kier molecular flexibility index (Phi) is 12.6. The maximum atomic E-state index is 12.5. The summed E-state index contributed by atoms with van der Waals surface area (Å²) in [6.07, 6.45) is -15.4. The molecule has 2 saturated heterocycles. The van der Waals surface area contributed by atoms with E-state index >= 15 is 0 Å². The Morgan fingerprint density at radius 1 is 0.724 bits per heavy atom. The van der Waals surface area contributed by atoms with Gasteiger partial charge >= 0.3 is 17.3 Å². The SMILES string of the molecule is COc1cc(-c2[o+]c3cc(O)cc(O[C@@H]4O[C@H](C[O-])[C@@H](O)[C@H](O)[C@H]4O)c3cc2O[C@@H]2O[C@H](COC(=O)/C=C/c3ccc(O)c(O)c3)[C@@H](O)[C@H](O)[C@H]2O)cc(OC)c1O. The number of phenols is 4. The van der Waals surface area contributed by atoms with Gasteiger partial charge in [-0.05, 0) is 23.8 Å². The summed E-state index contributed by atoms with van der Waals surface area (Å²) in [7, 11) is 2.54. The van der Waals surface area contributed by atoms with Crippen molar-refractivity contribution in [2.75, 3.05) is 27.4 Å². The van der Waals surface area contributed by atoms with Crippen molar-refractivity contribution < 1.29 is 98.5 Å². The predicted octanol–water partition coefficient (Wildman–Crippen LogP) is -0.790. The first-order valence-electron chi connectivity index (χ1n) is 17.4. The number of hydrogen-bond acceptors (Lipinski definition) is 19. The maximum Gasteiger partial charge on any atom is 0.402 e. The Hall–Kier alpha value is -5.68. The molecule has 0 amide bonds. The van der Waals surface area contributed by atoms with Gasteiger partial charge in [0, 0.05) is 30.3 Å². The summed E-state index contributed by atoms with van der Waals surface area (Å²) in [4.78, 5) is 12.5. The van der Waals surface area contributed by atoms with Crippen LogP contribution >= 0.6 is 0 Å². The highest BCUT2D eigenvalue weighted by atomic mass is 16.7. The van der Waals surface area contributed by atoms with Crippen LogP contribution in [0.25, 0.3) is 28.4 Å². The molecular weight excluding hydrogens is 776 g/mol. The number of aliphatic hydroxyl groups excluding tert-OH is 6. The molecule has 20 nitrogen and oxygen atoms in total. The van der Waals surface area contributed by atoms with Gasteiger partial charge in [-0.1, -0.05) is 6.07 Å². The number of benzene rings is 3. The molecule has 1 aromatic heterocycles. The van der Waals surface area contributed by atoms with Crippen LogP contribution in [0.1, 0.15) is 5.56 Å². The lowest BCUT2D eigenvalue weighted by Gasteiger charge is -2.41. The van der Waals surface area contributed by atoms with Crippen molar-refractivity contribution in [2.24, 2.45) is 0 Å². The second-order valence-corrected chi connectivity index (χ2v) is 13.2. The minimum Gasteiger partial charge on any atom is -0.853 e. The molecule has 0 saturated carbocycles. The molecule has 0 radical (unpaired) electrons. The average molecular weight is 817 g/mol. The van der Waals surface area contributed by atoms with Crippen molar-refractivity contribution in [1.29, 1.82) is 0 Å². The number of aliphatic hydroxyl groups is 6. The summed E-state index contributed by atoms with van der Waals surface area (Å²) >= 11 is 0. The fourth-order valence-electron chi connectivity index (χ4n) is 6.16. The molecule has 2 aliphatic heterocycles. The molecule has 20 heteroatoms. The lowest BCUT2D eigenvalue weighted by molar-refractivity contribution is -0.410. The van der Waals surface area contributed by atoms with Gasteiger partial charge in [0.2, 0.25) is 24.1 Å². The van der Waals surface area contributed by atoms with Crippen molar-refractivity contribution in [1.82, 2.24) is 0 Å². The van der Waals surface area contributed by atoms with Crippen LogP contribution in [0.4, 0.5) is 0 Å². The molecule has 6 rings (SSSR count). The monoisotopic (exact) mass is 816 g/mol. The van der Waals surface area contributed by atoms with Crippen LogP contribution in [-0.4, -0.2) is 146 Å². The molecule has 0 spiro atoms. The third-order valence-corrected chi connectivity index (χ3v) is 9.33. The van der Waals surface area contributed by atoms with Gasteiger partial charge in [-0.25, -0.2) is 9.21 Å². The van der Waals surface area contributed by atoms with E-state index in [9.17, 15) is 61.0 Å². The highest BCUT2D eigenvalue weighted by Crippen LogP contribution is 2.46. The first-order chi connectivity index (χ1) is 27.6. The molecule has 3 heterocycles. The lowest BCUT2D eigenvalue weighted by Crippen LogP contribution is -2.61. The molecule has 0 aliphatic carbocycles. The van der Waals surface area contributed by atoms with E-state index < -0.39 is 92.1 Å². The largest absolute Gasteiger partial charge is 0.853 e. The first kappa shape index (κ1) is 41.9. The molecule has 312 valence electrons. The van der Waals surface area contributed by atoms with E-state index in [1.807, 2.05) is 0 Å². The molecular formula is C38H40O20. The molecule has 3 aromatic carbocycles. The number of ether oxygens (including phenoxy) is 7. The van der Waals surface area contributed by atoms with Gasteiger partial charge in [0.05, 0.1) is 32.0 Å². The van der Waals surface area contributed by atoms with Gasteiger partial charge < -0.3 is 89.3 Å². The first-order valence-corrected chi connectivity index (χ1v) is 17.4. The van der Waals surface area contributed by atoms with Gasteiger partial charge in [-0.15, -0.1) is 6.61 Å². The number of esters is 1. The molecule has 0 unspecified atom stereocenters. The van der Waals surface area contributed by atoms with Crippen LogP contribution < -0.4 is 24.1 Å². The van der Waals surface area contributed by atoms with Crippen molar-refractivity contribution >= 4 is 23.0 Å². The van der Waals surface area contributed by atoms with Crippen molar-refractivity contribution in [3.05, 3.63) is 60.2 Å². The van der Waals surface area contributed by atoms with Crippen LogP contribution in [0.3, 0.4) is 0 Å². The fourth-order valence-corrected chi connectivity index (χ4v) is 6.16. The summed E-state index contributed by atoms with van der Waals surface area (Å²) in [5, 5.41) is 116. The van der Waals surface area contributed by atoms with Crippen molar-refractivity contribution in [3.63, 3.8) is 0 Å². The van der Waals surface area contributed by atoms with Crippen LogP contribution in [-0.2, 0) is 19.0 Å². The van der Waals surface area contributed by atoms with E-state index in [0.29, 0.717) is 5.56 Å². The quantitative estimate of drug-likeness (QED) is 0.0362. The average Bonchev–Trinajstić information content (AvgIpc) is 3.21. The van der Waals surface area contributed by atoms with E-state index in [1.54, 1.807) is 0 Å². The maximum absolute atomic E-state index is 12.5. The summed E-state index contributed by atoms with van der Waals surface area (Å²) in [6, 6.07) is 9.95. The lowest BCUT2D eigenvalue weighted by atomic mass is 9.99. The standard InChI is InChI=1S/C38H40O20/c1-51-23-8-16(9-24(52-2)29(23)44)36-25(12-18-21(54-36)10-17(40)11-22(18)55-37-34(49)32(47)30(45)26(13-39)57-37)56-38-35(50)33(48)31(46)27(58-38)14-53-28(43)6-4-15-3-5-19(41)20(42)7-15/h3-12,26-27,30-35,37-38,40-42,44-50H,13-14H2,1-2H3/b6-4+/t26-,27-,30-,31-,32+,33+,34-,35-,37-,38-/m1/s1. The van der Waals surface area contributed by atoms with Gasteiger partial charge in [-0.2, -0.15) is 0 Å². The normalized spacial score (nSPS) is 27.3. The van der Waals surface area contributed by atoms with Gasteiger partial charge in [0.25, 0.3) is 0 Å². The number of phenolic OH excluding ortho intramolecular Hbond substituents is 4. The Morgan fingerprint density at radius 2 is 1.33 bits per heavy atom. The number of carbonyl (C=O) groups excluding carboxylic acids is 1. The molecule has 2 aliphatic rings. The zero-order chi connectivity index (χ0) is 42.0. The Balaban J connectivity index is 1.35. The number of hydrogen-bond donors (Lipinski definition) is 10. The van der Waals surface area contributed by atoms with Gasteiger partial charge in [0.15, 0.2) is 23.0 Å². The molecule has 0 bridgehead atoms. The van der Waals surface area contributed by atoms with Crippen LogP contribution in [0.5, 0.6) is 46.0 Å². The fraction of sp³-hybridized carbons (Fsp3) is 0.368. The number of rotatable bonds is 12.